The summed E-state index contributed by atoms with van der Waals surface area (Å²) in [5.41, 5.74) is 3.29. The van der Waals surface area contributed by atoms with E-state index in [0.717, 1.165) is 0 Å². The molecule has 0 aliphatic rings. The summed E-state index contributed by atoms with van der Waals surface area (Å²) in [6.07, 6.45) is 1.48. The summed E-state index contributed by atoms with van der Waals surface area (Å²) in [6.45, 7) is 2.63. The van der Waals surface area contributed by atoms with Gasteiger partial charge in [-0.25, -0.2) is 0 Å². The van der Waals surface area contributed by atoms with Crippen molar-refractivity contribution in [2.45, 2.75) is 6.92 Å². The maximum atomic E-state index is 10.8. The zero-order valence-corrected chi connectivity index (χ0v) is 12.6. The van der Waals surface area contributed by atoms with Crippen LogP contribution >= 0.6 is 12.2 Å². The molecule has 0 amide bonds. The molecular weight excluding hydrogens is 304 g/mol. The van der Waals surface area contributed by atoms with Gasteiger partial charge in [-0.05, 0) is 31.3 Å². The van der Waals surface area contributed by atoms with Gasteiger partial charge in [-0.3, -0.25) is 15.5 Å². The minimum atomic E-state index is -0.444. The third-order valence-electron chi connectivity index (χ3n) is 2.66. The van der Waals surface area contributed by atoms with Gasteiger partial charge in [-0.1, -0.05) is 12.1 Å². The highest BCUT2D eigenvalue weighted by atomic mass is 32.1. The number of nitrogens with zero attached hydrogens (tertiary/aromatic N) is 2. The molecule has 114 valence electrons. The number of hydrogen-bond acceptors (Lipinski definition) is 5. The van der Waals surface area contributed by atoms with Crippen molar-refractivity contribution in [1.82, 2.24) is 10.7 Å². The Labute approximate surface area is 132 Å². The average molecular weight is 318 g/mol. The molecule has 2 aromatic rings. The first-order chi connectivity index (χ1) is 10.6. The predicted octanol–water partition coefficient (Wildman–Crippen LogP) is 2.67. The second kappa shape index (κ2) is 7.32. The lowest BCUT2D eigenvalue weighted by Gasteiger charge is -2.01. The molecule has 0 saturated heterocycles. The van der Waals surface area contributed by atoms with Gasteiger partial charge in [0.15, 0.2) is 5.11 Å². The Balaban J connectivity index is 2.08. The van der Waals surface area contributed by atoms with Crippen LogP contribution in [0.2, 0.25) is 0 Å². The van der Waals surface area contributed by atoms with Crippen LogP contribution in [0.5, 0.6) is 0 Å². The molecule has 8 heteroatoms. The molecule has 0 unspecified atom stereocenters. The van der Waals surface area contributed by atoms with Crippen LogP contribution < -0.4 is 10.7 Å². The fourth-order valence-electron chi connectivity index (χ4n) is 1.70. The van der Waals surface area contributed by atoms with Crippen molar-refractivity contribution in [2.75, 3.05) is 6.54 Å². The van der Waals surface area contributed by atoms with Crippen molar-refractivity contribution in [2.24, 2.45) is 5.10 Å². The number of hydrogen-bond donors (Lipinski definition) is 2. The van der Waals surface area contributed by atoms with Crippen LogP contribution in [-0.2, 0) is 0 Å². The predicted molar refractivity (Wildman–Crippen MR) is 87.8 cm³/mol. The highest BCUT2D eigenvalue weighted by Crippen LogP contribution is 2.25. The highest BCUT2D eigenvalue weighted by molar-refractivity contribution is 7.80. The maximum absolute atomic E-state index is 10.8. The van der Waals surface area contributed by atoms with E-state index in [2.05, 4.69) is 15.8 Å². The molecule has 0 radical (unpaired) electrons. The van der Waals surface area contributed by atoms with Crippen LogP contribution in [0, 0.1) is 10.1 Å². The molecule has 0 spiro atoms. The number of hydrazone groups is 1. The third-order valence-corrected chi connectivity index (χ3v) is 2.90. The van der Waals surface area contributed by atoms with Gasteiger partial charge < -0.3 is 9.73 Å². The molecule has 1 aromatic carbocycles. The topological polar surface area (TPSA) is 92.7 Å². The van der Waals surface area contributed by atoms with E-state index < -0.39 is 4.92 Å². The van der Waals surface area contributed by atoms with Gasteiger partial charge in [0.2, 0.25) is 0 Å². The Hall–Kier alpha value is -2.74. The Bertz CT molecular complexity index is 712. The Kier molecular flexibility index (Phi) is 5.21. The van der Waals surface area contributed by atoms with Gasteiger partial charge in [0, 0.05) is 24.2 Å². The Morgan fingerprint density at radius 3 is 3.00 bits per heavy atom. The van der Waals surface area contributed by atoms with E-state index >= 15 is 0 Å². The standard InChI is InChI=1S/C14H14N4O3S/c1-2-15-14(22)17-16-9-12-6-7-13(21-12)10-4-3-5-11(8-10)18(19)20/h3-9H,2H2,1H3,(H2,15,17,22)/b16-9-. The first-order valence-electron chi connectivity index (χ1n) is 6.51. The first kappa shape index (κ1) is 15.6. The van der Waals surface area contributed by atoms with E-state index in [4.69, 9.17) is 16.6 Å². The molecule has 7 nitrogen and oxygen atoms in total. The van der Waals surface area contributed by atoms with Gasteiger partial charge in [-0.2, -0.15) is 5.10 Å². The quantitative estimate of drug-likeness (QED) is 0.381. The van der Waals surface area contributed by atoms with Crippen LogP contribution in [0.3, 0.4) is 0 Å². The lowest BCUT2D eigenvalue weighted by Crippen LogP contribution is -2.31. The molecule has 1 aromatic heterocycles. The van der Waals surface area contributed by atoms with Gasteiger partial charge in [0.05, 0.1) is 11.1 Å². The summed E-state index contributed by atoms with van der Waals surface area (Å²) >= 11 is 4.96. The summed E-state index contributed by atoms with van der Waals surface area (Å²) in [4.78, 5) is 10.3. The number of rotatable bonds is 5. The molecule has 22 heavy (non-hydrogen) atoms. The maximum Gasteiger partial charge on any atom is 0.270 e. The molecule has 0 aliphatic heterocycles. The lowest BCUT2D eigenvalue weighted by molar-refractivity contribution is -0.384. The molecule has 0 atom stereocenters. The third kappa shape index (κ3) is 4.13. The smallest absolute Gasteiger partial charge is 0.270 e. The zero-order chi connectivity index (χ0) is 15.9. The fraction of sp³-hybridized carbons (Fsp3) is 0.143. The average Bonchev–Trinajstić information content (AvgIpc) is 2.96. The van der Waals surface area contributed by atoms with Crippen molar-refractivity contribution in [1.29, 1.82) is 0 Å². The second-order valence-electron chi connectivity index (χ2n) is 4.24. The van der Waals surface area contributed by atoms with Crippen LogP contribution in [-0.4, -0.2) is 22.8 Å². The molecular formula is C14H14N4O3S. The molecule has 0 fully saturated rings. The second-order valence-corrected chi connectivity index (χ2v) is 4.65. The summed E-state index contributed by atoms with van der Waals surface area (Å²) in [5.74, 6) is 1.03. The van der Waals surface area contributed by atoms with E-state index in [1.807, 2.05) is 6.92 Å². The fourth-order valence-corrected chi connectivity index (χ4v) is 1.90. The number of non-ortho nitro benzene ring substituents is 1. The van der Waals surface area contributed by atoms with Crippen LogP contribution in [0.25, 0.3) is 11.3 Å². The number of nitro benzene ring substituents is 1. The number of benzene rings is 1. The largest absolute Gasteiger partial charge is 0.455 e. The van der Waals surface area contributed by atoms with Crippen LogP contribution in [0.4, 0.5) is 5.69 Å². The monoisotopic (exact) mass is 318 g/mol. The van der Waals surface area contributed by atoms with Gasteiger partial charge >= 0.3 is 0 Å². The van der Waals surface area contributed by atoms with E-state index in [9.17, 15) is 10.1 Å². The van der Waals surface area contributed by atoms with Crippen molar-refractivity contribution >= 4 is 29.2 Å². The van der Waals surface area contributed by atoms with Crippen molar-refractivity contribution in [3.63, 3.8) is 0 Å². The van der Waals surface area contributed by atoms with E-state index in [0.29, 0.717) is 28.7 Å². The number of furan rings is 1. The Morgan fingerprint density at radius 2 is 2.27 bits per heavy atom. The number of nitro groups is 1. The zero-order valence-electron chi connectivity index (χ0n) is 11.8. The highest BCUT2D eigenvalue weighted by Gasteiger charge is 2.09. The number of thiocarbonyl (C=S) groups is 1. The van der Waals surface area contributed by atoms with Gasteiger partial charge in [0.25, 0.3) is 5.69 Å². The summed E-state index contributed by atoms with van der Waals surface area (Å²) in [6, 6.07) is 9.68. The minimum absolute atomic E-state index is 0.0155. The molecule has 0 saturated carbocycles. The van der Waals surface area contributed by atoms with Crippen LogP contribution in [0.15, 0.2) is 45.9 Å². The molecule has 1 heterocycles. The minimum Gasteiger partial charge on any atom is -0.455 e. The van der Waals surface area contributed by atoms with E-state index in [1.165, 1.54) is 18.3 Å². The lowest BCUT2D eigenvalue weighted by atomic mass is 10.1. The van der Waals surface area contributed by atoms with Gasteiger partial charge in [-0.15, -0.1) is 0 Å². The molecule has 0 bridgehead atoms. The first-order valence-corrected chi connectivity index (χ1v) is 6.92. The van der Waals surface area contributed by atoms with E-state index in [-0.39, 0.29) is 5.69 Å². The van der Waals surface area contributed by atoms with Crippen molar-refractivity contribution in [3.05, 3.63) is 52.3 Å². The molecule has 2 rings (SSSR count). The summed E-state index contributed by atoms with van der Waals surface area (Å²) in [7, 11) is 0. The normalized spacial score (nSPS) is 10.6. The summed E-state index contributed by atoms with van der Waals surface area (Å²) < 4.78 is 5.57. The summed E-state index contributed by atoms with van der Waals surface area (Å²) in [5, 5.41) is 18.0. The molecule has 2 N–H and O–H groups in total. The van der Waals surface area contributed by atoms with Crippen molar-refractivity contribution < 1.29 is 9.34 Å². The number of nitrogens with one attached hydrogen (secondary N) is 2. The molecule has 0 aliphatic carbocycles. The van der Waals surface area contributed by atoms with Gasteiger partial charge in [0.1, 0.15) is 11.5 Å². The van der Waals surface area contributed by atoms with E-state index in [1.54, 1.807) is 24.3 Å². The SMILES string of the molecule is CCNC(=S)N/N=C\c1ccc(-c2cccc([N+](=O)[O-])c2)o1. The van der Waals surface area contributed by atoms with Crippen LogP contribution in [0.1, 0.15) is 12.7 Å². The Morgan fingerprint density at radius 1 is 1.45 bits per heavy atom. The van der Waals surface area contributed by atoms with Crippen molar-refractivity contribution in [3.8, 4) is 11.3 Å².